The Kier molecular flexibility index (Phi) is 4.14. The van der Waals surface area contributed by atoms with E-state index in [1.165, 1.54) is 0 Å². The normalized spacial score (nSPS) is 14.7. The fraction of sp³-hybridized carbons (Fsp3) is 0.308. The van der Waals surface area contributed by atoms with Crippen LogP contribution in [-0.4, -0.2) is 33.0 Å². The van der Waals surface area contributed by atoms with Gasteiger partial charge in [0, 0.05) is 12.0 Å². The van der Waals surface area contributed by atoms with Crippen LogP contribution in [0, 0.1) is 0 Å². The van der Waals surface area contributed by atoms with E-state index in [-0.39, 0.29) is 13.0 Å². The molecule has 0 aliphatic rings. The third kappa shape index (κ3) is 2.79. The van der Waals surface area contributed by atoms with Gasteiger partial charge in [-0.1, -0.05) is 17.7 Å². The van der Waals surface area contributed by atoms with Crippen LogP contribution in [0.4, 0.5) is 0 Å². The van der Waals surface area contributed by atoms with Crippen molar-refractivity contribution in [2.75, 3.05) is 6.61 Å². The molecule has 0 aliphatic heterocycles. The maximum atomic E-state index is 9.93. The molecule has 1 heterocycles. The van der Waals surface area contributed by atoms with Crippen LogP contribution in [0.25, 0.3) is 10.9 Å². The van der Waals surface area contributed by atoms with E-state index in [0.717, 1.165) is 10.9 Å². The Bertz CT molecular complexity index is 547. The highest BCUT2D eigenvalue weighted by atomic mass is 35.5. The van der Waals surface area contributed by atoms with E-state index in [1.807, 2.05) is 0 Å². The van der Waals surface area contributed by atoms with E-state index in [1.54, 1.807) is 30.3 Å². The molecule has 0 fully saturated rings. The minimum atomic E-state index is -1.02. The van der Waals surface area contributed by atoms with Crippen molar-refractivity contribution in [3.63, 3.8) is 0 Å². The van der Waals surface area contributed by atoms with Crippen molar-refractivity contribution in [3.8, 4) is 0 Å². The van der Waals surface area contributed by atoms with Crippen molar-refractivity contribution >= 4 is 22.5 Å². The molecule has 5 heteroatoms. The Balaban J connectivity index is 2.32. The zero-order valence-electron chi connectivity index (χ0n) is 9.62. The first-order valence-corrected chi connectivity index (χ1v) is 6.03. The first-order chi connectivity index (χ1) is 8.61. The van der Waals surface area contributed by atoms with Gasteiger partial charge < -0.3 is 15.3 Å². The van der Waals surface area contributed by atoms with Gasteiger partial charge in [-0.15, -0.1) is 0 Å². The Morgan fingerprint density at radius 2 is 1.94 bits per heavy atom. The number of fused-ring (bicyclic) bond motifs is 1. The molecule has 0 spiro atoms. The van der Waals surface area contributed by atoms with Crippen LogP contribution in [0.5, 0.6) is 0 Å². The maximum Gasteiger partial charge on any atom is 0.129 e. The minimum Gasteiger partial charge on any atom is -0.396 e. The second-order valence-electron chi connectivity index (χ2n) is 4.11. The van der Waals surface area contributed by atoms with Crippen LogP contribution in [0.1, 0.15) is 18.1 Å². The Hall–Kier alpha value is -1.20. The van der Waals surface area contributed by atoms with Crippen molar-refractivity contribution in [2.24, 2.45) is 0 Å². The highest BCUT2D eigenvalue weighted by molar-refractivity contribution is 6.29. The largest absolute Gasteiger partial charge is 0.396 e. The molecule has 3 N–H and O–H groups in total. The van der Waals surface area contributed by atoms with Gasteiger partial charge in [-0.25, -0.2) is 4.98 Å². The number of nitrogens with zero attached hydrogens (tertiary/aromatic N) is 1. The highest BCUT2D eigenvalue weighted by Gasteiger charge is 2.18. The zero-order valence-corrected chi connectivity index (χ0v) is 10.4. The summed E-state index contributed by atoms with van der Waals surface area (Å²) in [6, 6.07) is 8.66. The van der Waals surface area contributed by atoms with Crippen LogP contribution in [0.2, 0.25) is 5.15 Å². The van der Waals surface area contributed by atoms with Crippen molar-refractivity contribution in [3.05, 3.63) is 41.0 Å². The number of aliphatic hydroxyl groups excluding tert-OH is 3. The van der Waals surface area contributed by atoms with Gasteiger partial charge in [-0.2, -0.15) is 0 Å². The first kappa shape index (κ1) is 13.2. The predicted octanol–water partition coefficient (Wildman–Crippen LogP) is 1.66. The van der Waals surface area contributed by atoms with E-state index in [4.69, 9.17) is 16.7 Å². The fourth-order valence-electron chi connectivity index (χ4n) is 1.82. The third-order valence-corrected chi connectivity index (χ3v) is 3.02. The summed E-state index contributed by atoms with van der Waals surface area (Å²) >= 11 is 5.78. The quantitative estimate of drug-likeness (QED) is 0.737. The van der Waals surface area contributed by atoms with Crippen LogP contribution in [-0.2, 0) is 0 Å². The summed E-state index contributed by atoms with van der Waals surface area (Å²) < 4.78 is 0. The first-order valence-electron chi connectivity index (χ1n) is 5.65. The van der Waals surface area contributed by atoms with Crippen LogP contribution in [0.15, 0.2) is 30.3 Å². The number of pyridine rings is 1. The minimum absolute atomic E-state index is 0.137. The average molecular weight is 268 g/mol. The predicted molar refractivity (Wildman–Crippen MR) is 69.4 cm³/mol. The SMILES string of the molecule is OCCC(O)C(O)c1ccc2nc(Cl)ccc2c1. The summed E-state index contributed by atoms with van der Waals surface area (Å²) in [5.41, 5.74) is 1.32. The number of hydrogen-bond acceptors (Lipinski definition) is 4. The van der Waals surface area contributed by atoms with Crippen LogP contribution in [0.3, 0.4) is 0 Å². The van der Waals surface area contributed by atoms with Crippen LogP contribution >= 0.6 is 11.6 Å². The lowest BCUT2D eigenvalue weighted by Crippen LogP contribution is -2.19. The second-order valence-corrected chi connectivity index (χ2v) is 4.50. The molecule has 2 rings (SSSR count). The van der Waals surface area contributed by atoms with E-state index in [0.29, 0.717) is 10.7 Å². The molecule has 1 aromatic heterocycles. The number of rotatable bonds is 4. The van der Waals surface area contributed by atoms with E-state index < -0.39 is 12.2 Å². The molecule has 18 heavy (non-hydrogen) atoms. The third-order valence-electron chi connectivity index (χ3n) is 2.81. The van der Waals surface area contributed by atoms with Gasteiger partial charge in [0.05, 0.1) is 11.6 Å². The number of aliphatic hydroxyl groups is 3. The maximum absolute atomic E-state index is 9.93. The Morgan fingerprint density at radius 1 is 1.17 bits per heavy atom. The summed E-state index contributed by atoms with van der Waals surface area (Å²) in [5, 5.41) is 29.6. The number of hydrogen-bond donors (Lipinski definition) is 3. The molecule has 0 amide bonds. The van der Waals surface area contributed by atoms with Gasteiger partial charge in [0.15, 0.2) is 0 Å². The van der Waals surface area contributed by atoms with Gasteiger partial charge in [0.25, 0.3) is 0 Å². The van der Waals surface area contributed by atoms with E-state index >= 15 is 0 Å². The Morgan fingerprint density at radius 3 is 2.67 bits per heavy atom. The second kappa shape index (κ2) is 5.63. The topological polar surface area (TPSA) is 73.6 Å². The molecular weight excluding hydrogens is 254 g/mol. The molecule has 2 unspecified atom stereocenters. The lowest BCUT2D eigenvalue weighted by atomic mass is 10.0. The van der Waals surface area contributed by atoms with E-state index in [9.17, 15) is 10.2 Å². The Labute approximate surface area is 109 Å². The number of halogens is 1. The fourth-order valence-corrected chi connectivity index (χ4v) is 1.97. The molecule has 0 aliphatic carbocycles. The number of benzene rings is 1. The molecular formula is C13H14ClNO3. The molecule has 4 nitrogen and oxygen atoms in total. The molecule has 2 atom stereocenters. The summed E-state index contributed by atoms with van der Waals surface area (Å²) in [4.78, 5) is 4.14. The van der Waals surface area contributed by atoms with Gasteiger partial charge in [-0.3, -0.25) is 0 Å². The summed E-state index contributed by atoms with van der Waals surface area (Å²) in [6.07, 6.45) is -1.86. The number of aromatic nitrogens is 1. The average Bonchev–Trinajstić information content (AvgIpc) is 2.37. The molecule has 0 bridgehead atoms. The molecule has 0 radical (unpaired) electrons. The van der Waals surface area contributed by atoms with Crippen molar-refractivity contribution < 1.29 is 15.3 Å². The highest BCUT2D eigenvalue weighted by Crippen LogP contribution is 2.23. The molecule has 2 aromatic rings. The molecule has 1 aromatic carbocycles. The monoisotopic (exact) mass is 267 g/mol. The summed E-state index contributed by atoms with van der Waals surface area (Å²) in [7, 11) is 0. The molecule has 0 saturated carbocycles. The molecule has 96 valence electrons. The molecule has 0 saturated heterocycles. The zero-order chi connectivity index (χ0) is 13.1. The van der Waals surface area contributed by atoms with Crippen molar-refractivity contribution in [1.82, 2.24) is 4.98 Å². The lowest BCUT2D eigenvalue weighted by Gasteiger charge is -2.17. The lowest BCUT2D eigenvalue weighted by molar-refractivity contribution is 0.00428. The standard InChI is InChI=1S/C13H14ClNO3/c14-12-4-2-8-7-9(1-3-10(8)15-12)13(18)11(17)5-6-16/h1-4,7,11,13,16-18H,5-6H2. The summed E-state index contributed by atoms with van der Waals surface area (Å²) in [6.45, 7) is -0.164. The van der Waals surface area contributed by atoms with Gasteiger partial charge >= 0.3 is 0 Å². The van der Waals surface area contributed by atoms with Gasteiger partial charge in [-0.05, 0) is 36.2 Å². The smallest absolute Gasteiger partial charge is 0.129 e. The van der Waals surface area contributed by atoms with Crippen molar-refractivity contribution in [2.45, 2.75) is 18.6 Å². The van der Waals surface area contributed by atoms with Crippen molar-refractivity contribution in [1.29, 1.82) is 0 Å². The summed E-state index contributed by atoms with van der Waals surface area (Å²) in [5.74, 6) is 0. The van der Waals surface area contributed by atoms with Gasteiger partial charge in [0.2, 0.25) is 0 Å². The van der Waals surface area contributed by atoms with E-state index in [2.05, 4.69) is 4.98 Å². The van der Waals surface area contributed by atoms with Gasteiger partial charge in [0.1, 0.15) is 11.3 Å². The van der Waals surface area contributed by atoms with Crippen LogP contribution < -0.4 is 0 Å².